The summed E-state index contributed by atoms with van der Waals surface area (Å²) >= 11 is 0. The zero-order valence-corrected chi connectivity index (χ0v) is 13.7. The lowest BCUT2D eigenvalue weighted by atomic mass is 10.1. The van der Waals surface area contributed by atoms with Crippen LogP contribution in [0.1, 0.15) is 34.0 Å². The van der Waals surface area contributed by atoms with E-state index >= 15 is 0 Å². The highest BCUT2D eigenvalue weighted by Crippen LogP contribution is 2.14. The first kappa shape index (κ1) is 16.4. The standard InChI is InChI=1S/C17H19NO3S/c1-12-7-8-15(9-13(12)2)11-18-22(20,21)17-6-4-5-16(10-17)14(3)19/h4-10,18H,11H2,1-3H3. The van der Waals surface area contributed by atoms with Crippen LogP contribution in [0.4, 0.5) is 0 Å². The van der Waals surface area contributed by atoms with E-state index in [0.717, 1.165) is 11.1 Å². The number of aryl methyl sites for hydroxylation is 2. The molecule has 2 aromatic carbocycles. The van der Waals surface area contributed by atoms with Gasteiger partial charge in [0.05, 0.1) is 4.90 Å². The van der Waals surface area contributed by atoms with Crippen molar-refractivity contribution < 1.29 is 13.2 Å². The summed E-state index contributed by atoms with van der Waals surface area (Å²) in [7, 11) is -3.64. The minimum absolute atomic E-state index is 0.101. The van der Waals surface area contributed by atoms with Crippen LogP contribution in [0.15, 0.2) is 47.4 Å². The molecule has 0 unspecified atom stereocenters. The Hall–Kier alpha value is -1.98. The van der Waals surface area contributed by atoms with Crippen molar-refractivity contribution >= 4 is 15.8 Å². The van der Waals surface area contributed by atoms with Crippen LogP contribution in [-0.2, 0) is 16.6 Å². The first-order valence-corrected chi connectivity index (χ1v) is 8.45. The van der Waals surface area contributed by atoms with Gasteiger partial charge in [0.25, 0.3) is 0 Å². The lowest BCUT2D eigenvalue weighted by Crippen LogP contribution is -2.23. The summed E-state index contributed by atoms with van der Waals surface area (Å²) < 4.78 is 27.2. The van der Waals surface area contributed by atoms with Crippen molar-refractivity contribution in [1.29, 1.82) is 0 Å². The minimum atomic E-state index is -3.64. The van der Waals surface area contributed by atoms with Crippen LogP contribution in [-0.4, -0.2) is 14.2 Å². The highest BCUT2D eigenvalue weighted by molar-refractivity contribution is 7.89. The van der Waals surface area contributed by atoms with Crippen LogP contribution in [0.3, 0.4) is 0 Å². The van der Waals surface area contributed by atoms with E-state index in [1.54, 1.807) is 12.1 Å². The molecular formula is C17H19NO3S. The Bertz CT molecular complexity index is 810. The van der Waals surface area contributed by atoms with E-state index in [-0.39, 0.29) is 17.2 Å². The molecule has 0 aliphatic rings. The Labute approximate surface area is 131 Å². The first-order valence-electron chi connectivity index (χ1n) is 6.96. The number of hydrogen-bond acceptors (Lipinski definition) is 3. The molecule has 0 atom stereocenters. The van der Waals surface area contributed by atoms with E-state index in [1.807, 2.05) is 32.0 Å². The molecule has 22 heavy (non-hydrogen) atoms. The maximum absolute atomic E-state index is 12.3. The molecule has 0 heterocycles. The molecule has 0 radical (unpaired) electrons. The fraction of sp³-hybridized carbons (Fsp3) is 0.235. The number of nitrogens with one attached hydrogen (secondary N) is 1. The van der Waals surface area contributed by atoms with Crippen molar-refractivity contribution in [3.63, 3.8) is 0 Å². The van der Waals surface area contributed by atoms with Crippen LogP contribution in [0.2, 0.25) is 0 Å². The number of sulfonamides is 1. The number of rotatable bonds is 5. The lowest BCUT2D eigenvalue weighted by molar-refractivity contribution is 0.101. The molecule has 2 rings (SSSR count). The predicted molar refractivity (Wildman–Crippen MR) is 86.4 cm³/mol. The van der Waals surface area contributed by atoms with E-state index in [0.29, 0.717) is 5.56 Å². The third-order valence-electron chi connectivity index (χ3n) is 3.59. The molecule has 2 aromatic rings. The SMILES string of the molecule is CC(=O)c1cccc(S(=O)(=O)NCc2ccc(C)c(C)c2)c1. The van der Waals surface area contributed by atoms with Gasteiger partial charge in [-0.05, 0) is 49.6 Å². The number of hydrogen-bond donors (Lipinski definition) is 1. The monoisotopic (exact) mass is 317 g/mol. The number of benzene rings is 2. The van der Waals surface area contributed by atoms with Crippen molar-refractivity contribution in [1.82, 2.24) is 4.72 Å². The number of carbonyl (C=O) groups excluding carboxylic acids is 1. The van der Waals surface area contributed by atoms with Crippen molar-refractivity contribution in [2.45, 2.75) is 32.2 Å². The van der Waals surface area contributed by atoms with Gasteiger partial charge in [0.15, 0.2) is 5.78 Å². The van der Waals surface area contributed by atoms with Gasteiger partial charge in [-0.15, -0.1) is 0 Å². The maximum Gasteiger partial charge on any atom is 0.240 e. The molecule has 0 aliphatic heterocycles. The molecule has 0 aliphatic carbocycles. The summed E-state index contributed by atoms with van der Waals surface area (Å²) in [5.41, 5.74) is 3.57. The van der Waals surface area contributed by atoms with Crippen LogP contribution in [0.5, 0.6) is 0 Å². The van der Waals surface area contributed by atoms with Gasteiger partial charge < -0.3 is 0 Å². The smallest absolute Gasteiger partial charge is 0.240 e. The largest absolute Gasteiger partial charge is 0.295 e. The first-order chi connectivity index (χ1) is 10.3. The van der Waals surface area contributed by atoms with E-state index < -0.39 is 10.0 Å². The number of Topliss-reactive ketones (excluding diaryl/α,β-unsaturated/α-hetero) is 1. The van der Waals surface area contributed by atoms with Crippen LogP contribution >= 0.6 is 0 Å². The lowest BCUT2D eigenvalue weighted by Gasteiger charge is -2.09. The molecule has 0 amide bonds. The third-order valence-corrected chi connectivity index (χ3v) is 4.99. The van der Waals surface area contributed by atoms with Gasteiger partial charge in [-0.25, -0.2) is 13.1 Å². The Morgan fingerprint density at radius 3 is 2.41 bits per heavy atom. The molecule has 1 N–H and O–H groups in total. The topological polar surface area (TPSA) is 63.2 Å². The second-order valence-electron chi connectivity index (χ2n) is 5.33. The average molecular weight is 317 g/mol. The zero-order chi connectivity index (χ0) is 16.3. The van der Waals surface area contributed by atoms with Gasteiger partial charge in [0.2, 0.25) is 10.0 Å². The molecule has 116 valence electrons. The van der Waals surface area contributed by atoms with Gasteiger partial charge in [0, 0.05) is 12.1 Å². The predicted octanol–water partition coefficient (Wildman–Crippen LogP) is 2.98. The van der Waals surface area contributed by atoms with E-state index in [9.17, 15) is 13.2 Å². The van der Waals surface area contributed by atoms with Crippen molar-refractivity contribution in [2.75, 3.05) is 0 Å². The maximum atomic E-state index is 12.3. The summed E-state index contributed by atoms with van der Waals surface area (Å²) in [6, 6.07) is 11.9. The molecule has 0 saturated heterocycles. The summed E-state index contributed by atoms with van der Waals surface area (Å²) in [5.74, 6) is -0.161. The summed E-state index contributed by atoms with van der Waals surface area (Å²) in [6.07, 6.45) is 0. The highest BCUT2D eigenvalue weighted by atomic mass is 32.2. The quantitative estimate of drug-likeness (QED) is 0.862. The summed E-state index contributed by atoms with van der Waals surface area (Å²) in [4.78, 5) is 11.5. The number of carbonyl (C=O) groups is 1. The summed E-state index contributed by atoms with van der Waals surface area (Å²) in [5, 5.41) is 0. The van der Waals surface area contributed by atoms with Crippen LogP contribution < -0.4 is 4.72 Å². The molecule has 0 bridgehead atoms. The summed E-state index contributed by atoms with van der Waals surface area (Å²) in [6.45, 7) is 5.63. The van der Waals surface area contributed by atoms with Crippen molar-refractivity contribution in [2.24, 2.45) is 0 Å². The van der Waals surface area contributed by atoms with Gasteiger partial charge in [-0.2, -0.15) is 0 Å². The Morgan fingerprint density at radius 2 is 1.77 bits per heavy atom. The van der Waals surface area contributed by atoms with Gasteiger partial charge >= 0.3 is 0 Å². The fourth-order valence-corrected chi connectivity index (χ4v) is 3.12. The second-order valence-corrected chi connectivity index (χ2v) is 7.09. The second kappa shape index (κ2) is 6.42. The fourth-order valence-electron chi connectivity index (χ4n) is 2.06. The van der Waals surface area contributed by atoms with Crippen LogP contribution in [0, 0.1) is 13.8 Å². The van der Waals surface area contributed by atoms with E-state index in [4.69, 9.17) is 0 Å². The van der Waals surface area contributed by atoms with Gasteiger partial charge in [0.1, 0.15) is 0 Å². The molecular weight excluding hydrogens is 298 g/mol. The molecule has 0 fully saturated rings. The van der Waals surface area contributed by atoms with E-state index in [2.05, 4.69) is 4.72 Å². The highest BCUT2D eigenvalue weighted by Gasteiger charge is 2.15. The Morgan fingerprint density at radius 1 is 1.05 bits per heavy atom. The van der Waals surface area contributed by atoms with E-state index in [1.165, 1.54) is 24.6 Å². The molecule has 4 nitrogen and oxygen atoms in total. The normalized spacial score (nSPS) is 11.4. The minimum Gasteiger partial charge on any atom is -0.295 e. The Kier molecular flexibility index (Phi) is 4.78. The van der Waals surface area contributed by atoms with Gasteiger partial charge in [-0.3, -0.25) is 4.79 Å². The van der Waals surface area contributed by atoms with Gasteiger partial charge in [-0.1, -0.05) is 30.3 Å². The molecule has 0 spiro atoms. The molecule has 0 aromatic heterocycles. The zero-order valence-electron chi connectivity index (χ0n) is 12.9. The van der Waals surface area contributed by atoms with Crippen molar-refractivity contribution in [3.8, 4) is 0 Å². The van der Waals surface area contributed by atoms with Crippen LogP contribution in [0.25, 0.3) is 0 Å². The molecule has 0 saturated carbocycles. The third kappa shape index (κ3) is 3.81. The molecule has 5 heteroatoms. The Balaban J connectivity index is 2.19. The average Bonchev–Trinajstić information content (AvgIpc) is 2.48. The number of ketones is 1. The van der Waals surface area contributed by atoms with Crippen molar-refractivity contribution in [3.05, 3.63) is 64.7 Å².